The van der Waals surface area contributed by atoms with Gasteiger partial charge in [-0.2, -0.15) is 8.78 Å². The maximum Gasteiger partial charge on any atom is 0.354 e. The Morgan fingerprint density at radius 2 is 1.95 bits per heavy atom. The van der Waals surface area contributed by atoms with Crippen LogP contribution in [-0.4, -0.2) is 32.7 Å². The zero-order valence-electron chi connectivity index (χ0n) is 11.7. The summed E-state index contributed by atoms with van der Waals surface area (Å²) in [7, 11) is -1.83. The minimum atomic E-state index is -3.97. The van der Waals surface area contributed by atoms with Gasteiger partial charge in [0.25, 0.3) is 0 Å². The van der Waals surface area contributed by atoms with Crippen molar-refractivity contribution in [1.29, 1.82) is 0 Å². The van der Waals surface area contributed by atoms with E-state index in [9.17, 15) is 18.1 Å². The molecule has 21 heavy (non-hydrogen) atoms. The Labute approximate surface area is 130 Å². The third kappa shape index (κ3) is 5.05. The third-order valence-electron chi connectivity index (χ3n) is 2.73. The topological polar surface area (TPSA) is 46.5 Å². The van der Waals surface area contributed by atoms with Crippen molar-refractivity contribution in [3.8, 4) is 0 Å². The van der Waals surface area contributed by atoms with Gasteiger partial charge in [0.2, 0.25) is 0 Å². The lowest BCUT2D eigenvalue weighted by Crippen LogP contribution is -2.47. The summed E-state index contributed by atoms with van der Waals surface area (Å²) in [6.45, 7) is 3.76. The molecule has 1 aromatic carbocycles. The molecule has 0 aliphatic heterocycles. The molecular weight excluding hydrogens is 322 g/mol. The molecule has 0 saturated carbocycles. The fraction of sp³-hybridized carbons (Fsp3) is 0.429. The number of alkyl halides is 3. The van der Waals surface area contributed by atoms with E-state index in [1.807, 2.05) is 6.92 Å². The first-order valence-electron chi connectivity index (χ1n) is 6.23. The Hall–Kier alpha value is -0.980. The van der Waals surface area contributed by atoms with Crippen LogP contribution in [0.25, 0.3) is 0 Å². The number of aliphatic hydroxyl groups is 1. The summed E-state index contributed by atoms with van der Waals surface area (Å²) in [4.78, 5) is 0.338. The quantitative estimate of drug-likeness (QED) is 0.613. The number of benzene rings is 1. The molecule has 1 rings (SSSR count). The summed E-state index contributed by atoms with van der Waals surface area (Å²) in [5.74, 6) is -0.740. The van der Waals surface area contributed by atoms with E-state index in [1.54, 1.807) is 31.2 Å². The van der Waals surface area contributed by atoms with Crippen molar-refractivity contribution < 1.29 is 22.8 Å². The fourth-order valence-electron chi connectivity index (χ4n) is 1.45. The molecule has 0 spiro atoms. The highest BCUT2D eigenvalue weighted by molar-refractivity contribution is 7.85. The highest BCUT2D eigenvalue weighted by Crippen LogP contribution is 2.35. The van der Waals surface area contributed by atoms with Crippen molar-refractivity contribution in [2.24, 2.45) is 0 Å². The minimum Gasteiger partial charge on any atom is -0.502 e. The van der Waals surface area contributed by atoms with E-state index in [1.165, 1.54) is 0 Å². The van der Waals surface area contributed by atoms with E-state index < -0.39 is 27.5 Å². The molecule has 2 atom stereocenters. The molecule has 0 unspecified atom stereocenters. The molecule has 0 amide bonds. The van der Waals surface area contributed by atoms with E-state index in [0.717, 1.165) is 17.9 Å². The van der Waals surface area contributed by atoms with Crippen molar-refractivity contribution >= 4 is 22.4 Å². The minimum absolute atomic E-state index is 0.251. The van der Waals surface area contributed by atoms with E-state index in [0.29, 0.717) is 4.90 Å². The molecule has 0 radical (unpaired) electrons. The van der Waals surface area contributed by atoms with Crippen LogP contribution in [0.1, 0.15) is 12.5 Å². The summed E-state index contributed by atoms with van der Waals surface area (Å²) < 4.78 is 43.8. The number of halogens is 3. The van der Waals surface area contributed by atoms with Gasteiger partial charge in [0, 0.05) is 4.90 Å². The van der Waals surface area contributed by atoms with Gasteiger partial charge in [-0.25, -0.2) is 0 Å². The van der Waals surface area contributed by atoms with Crippen LogP contribution < -0.4 is 0 Å². The summed E-state index contributed by atoms with van der Waals surface area (Å²) >= 11 is 4.95. The Morgan fingerprint density at radius 1 is 1.38 bits per heavy atom. The van der Waals surface area contributed by atoms with Crippen LogP contribution >= 0.6 is 11.6 Å². The van der Waals surface area contributed by atoms with E-state index in [2.05, 4.69) is 0 Å². The first-order valence-corrected chi connectivity index (χ1v) is 7.93. The van der Waals surface area contributed by atoms with Crippen molar-refractivity contribution in [2.75, 3.05) is 12.4 Å². The van der Waals surface area contributed by atoms with Crippen molar-refractivity contribution in [3.05, 3.63) is 42.2 Å². The molecule has 0 bridgehead atoms. The zero-order valence-corrected chi connectivity index (χ0v) is 13.3. The van der Waals surface area contributed by atoms with Crippen molar-refractivity contribution in [3.63, 3.8) is 0 Å². The highest BCUT2D eigenvalue weighted by Gasteiger charge is 2.51. The lowest BCUT2D eigenvalue weighted by atomic mass is 10.1. The van der Waals surface area contributed by atoms with Gasteiger partial charge in [0.1, 0.15) is 0 Å². The Bertz CT molecular complexity index is 514. The van der Waals surface area contributed by atoms with Crippen LogP contribution in [0, 0.1) is 6.92 Å². The molecule has 118 valence electrons. The summed E-state index contributed by atoms with van der Waals surface area (Å²) in [6, 6.07) is 6.54. The molecule has 1 N–H and O–H groups in total. The molecule has 0 saturated heterocycles. The van der Waals surface area contributed by atoms with Gasteiger partial charge in [-0.15, -0.1) is 0 Å². The molecule has 0 aromatic heterocycles. The predicted octanol–water partition coefficient (Wildman–Crippen LogP) is 3.22. The Balaban J connectivity index is 2.96. The van der Waals surface area contributed by atoms with Gasteiger partial charge in [-0.3, -0.25) is 4.21 Å². The van der Waals surface area contributed by atoms with Crippen LogP contribution in [0.3, 0.4) is 0 Å². The molecule has 7 heteroatoms. The number of hydrogen-bond donors (Lipinski definition) is 1. The van der Waals surface area contributed by atoms with Crippen LogP contribution in [0.4, 0.5) is 8.78 Å². The van der Waals surface area contributed by atoms with Gasteiger partial charge in [0.05, 0.1) is 29.4 Å². The Kier molecular flexibility index (Phi) is 6.31. The first-order chi connectivity index (χ1) is 9.69. The molecule has 0 aliphatic rings. The summed E-state index contributed by atoms with van der Waals surface area (Å²) in [5.41, 5.74) is -1.82. The standard InChI is InChI=1S/C14H17ClF2O3S/c1-3-20-9-8-13(18,14(15,16)17)10-21(19)12-6-4-11(2)5-7-12/h4-9,18H,3,10H2,1-2H3/b9-8+/t13-,21-/m1/s1. The first kappa shape index (κ1) is 18.1. The molecule has 1 aromatic rings. The van der Waals surface area contributed by atoms with Gasteiger partial charge in [-0.1, -0.05) is 17.7 Å². The second kappa shape index (κ2) is 7.33. The molecule has 3 nitrogen and oxygen atoms in total. The van der Waals surface area contributed by atoms with Crippen LogP contribution in [0.2, 0.25) is 0 Å². The Morgan fingerprint density at radius 3 is 2.43 bits per heavy atom. The normalized spacial score (nSPS) is 16.7. The number of rotatable bonds is 7. The monoisotopic (exact) mass is 338 g/mol. The molecule has 0 fully saturated rings. The molecule has 0 aliphatic carbocycles. The average Bonchev–Trinajstić information content (AvgIpc) is 2.38. The van der Waals surface area contributed by atoms with Gasteiger partial charge in [-0.05, 0) is 43.7 Å². The third-order valence-corrected chi connectivity index (χ3v) is 4.56. The fourth-order valence-corrected chi connectivity index (χ4v) is 2.95. The zero-order chi connectivity index (χ0) is 16.1. The molecular formula is C14H17ClF2O3S. The lowest BCUT2D eigenvalue weighted by molar-refractivity contribution is -0.0807. The van der Waals surface area contributed by atoms with E-state index >= 15 is 0 Å². The van der Waals surface area contributed by atoms with Crippen LogP contribution in [-0.2, 0) is 15.5 Å². The number of hydrogen-bond acceptors (Lipinski definition) is 3. The maximum absolute atomic E-state index is 13.4. The number of aryl methyl sites for hydroxylation is 1. The second-order valence-electron chi connectivity index (χ2n) is 4.48. The van der Waals surface area contributed by atoms with Crippen molar-refractivity contribution in [1.82, 2.24) is 0 Å². The largest absolute Gasteiger partial charge is 0.502 e. The van der Waals surface area contributed by atoms with Crippen molar-refractivity contribution in [2.45, 2.75) is 29.7 Å². The maximum atomic E-state index is 13.4. The highest BCUT2D eigenvalue weighted by atomic mass is 35.5. The summed E-state index contributed by atoms with van der Waals surface area (Å²) in [5, 5.41) is 6.05. The predicted molar refractivity (Wildman–Crippen MR) is 79.0 cm³/mol. The average molecular weight is 339 g/mol. The van der Waals surface area contributed by atoms with E-state index in [4.69, 9.17) is 16.3 Å². The van der Waals surface area contributed by atoms with Gasteiger partial charge in [0.15, 0.2) is 5.60 Å². The second-order valence-corrected chi connectivity index (χ2v) is 6.41. The smallest absolute Gasteiger partial charge is 0.354 e. The summed E-state index contributed by atoms with van der Waals surface area (Å²) in [6.07, 6.45) is 1.66. The van der Waals surface area contributed by atoms with Gasteiger partial charge < -0.3 is 9.84 Å². The SMILES string of the molecule is CCO/C=C/[C@@](O)(C[S@@](=O)c1ccc(C)cc1)C(F)(F)Cl. The number of ether oxygens (including phenoxy) is 1. The van der Waals surface area contributed by atoms with Crippen LogP contribution in [0.15, 0.2) is 41.5 Å². The lowest BCUT2D eigenvalue weighted by Gasteiger charge is -2.28. The van der Waals surface area contributed by atoms with E-state index in [-0.39, 0.29) is 6.61 Å². The van der Waals surface area contributed by atoms with Crippen LogP contribution in [0.5, 0.6) is 0 Å². The van der Waals surface area contributed by atoms with Gasteiger partial charge >= 0.3 is 5.38 Å². The molecule has 0 heterocycles.